The molecule has 18 heavy (non-hydrogen) atoms. The molecule has 1 rings (SSSR count). The van der Waals surface area contributed by atoms with E-state index in [-0.39, 0.29) is 18.1 Å². The van der Waals surface area contributed by atoms with Gasteiger partial charge in [-0.15, -0.1) is 0 Å². The molecule has 102 valence electrons. The van der Waals surface area contributed by atoms with Crippen molar-refractivity contribution < 1.29 is 9.84 Å². The molecular formula is C15H25NO2. The third-order valence-corrected chi connectivity index (χ3v) is 3.86. The summed E-state index contributed by atoms with van der Waals surface area (Å²) >= 11 is 0. The van der Waals surface area contributed by atoms with Crippen LogP contribution < -0.4 is 10.5 Å². The van der Waals surface area contributed by atoms with Crippen LogP contribution in [0.5, 0.6) is 5.75 Å². The first-order chi connectivity index (χ1) is 8.49. The summed E-state index contributed by atoms with van der Waals surface area (Å²) in [5, 5.41) is 9.34. The number of aryl methyl sites for hydroxylation is 1. The van der Waals surface area contributed by atoms with Crippen LogP contribution in [-0.4, -0.2) is 24.9 Å². The van der Waals surface area contributed by atoms with Crippen molar-refractivity contribution in [2.24, 2.45) is 5.73 Å². The van der Waals surface area contributed by atoms with Crippen LogP contribution in [0.2, 0.25) is 0 Å². The molecule has 0 aliphatic carbocycles. The Kier molecular flexibility index (Phi) is 5.17. The fourth-order valence-electron chi connectivity index (χ4n) is 2.47. The Labute approximate surface area is 110 Å². The maximum absolute atomic E-state index is 9.34. The summed E-state index contributed by atoms with van der Waals surface area (Å²) in [6, 6.07) is 6.12. The smallest absolute Gasteiger partial charge is 0.122 e. The zero-order valence-corrected chi connectivity index (χ0v) is 11.9. The molecule has 2 atom stereocenters. The number of rotatable bonds is 6. The van der Waals surface area contributed by atoms with Crippen LogP contribution in [0.15, 0.2) is 18.2 Å². The minimum Gasteiger partial charge on any atom is -0.496 e. The SMILES string of the molecule is CCC(N)C(C)(CCO)c1cc(C)ccc1OC. The molecule has 0 aliphatic heterocycles. The maximum atomic E-state index is 9.34. The standard InChI is InChI=1S/C15H25NO2/c1-5-14(16)15(3,8-9-17)12-10-11(2)6-7-13(12)18-4/h6-7,10,14,17H,5,8-9,16H2,1-4H3. The van der Waals surface area contributed by atoms with E-state index in [0.717, 1.165) is 17.7 Å². The van der Waals surface area contributed by atoms with Gasteiger partial charge in [0.25, 0.3) is 0 Å². The van der Waals surface area contributed by atoms with E-state index >= 15 is 0 Å². The molecule has 2 unspecified atom stereocenters. The number of ether oxygens (including phenoxy) is 1. The fourth-order valence-corrected chi connectivity index (χ4v) is 2.47. The van der Waals surface area contributed by atoms with Gasteiger partial charge in [0.05, 0.1) is 7.11 Å². The van der Waals surface area contributed by atoms with E-state index in [1.165, 1.54) is 5.56 Å². The highest BCUT2D eigenvalue weighted by molar-refractivity contribution is 5.43. The molecule has 3 N–H and O–H groups in total. The molecule has 0 saturated carbocycles. The first kappa shape index (κ1) is 15.0. The second-order valence-electron chi connectivity index (χ2n) is 5.11. The first-order valence-corrected chi connectivity index (χ1v) is 6.51. The van der Waals surface area contributed by atoms with Gasteiger partial charge < -0.3 is 15.6 Å². The lowest BCUT2D eigenvalue weighted by atomic mass is 9.72. The average molecular weight is 251 g/mol. The largest absolute Gasteiger partial charge is 0.496 e. The minimum atomic E-state index is -0.263. The Morgan fingerprint density at radius 1 is 1.44 bits per heavy atom. The summed E-state index contributed by atoms with van der Waals surface area (Å²) in [5.74, 6) is 0.848. The van der Waals surface area contributed by atoms with E-state index in [4.69, 9.17) is 10.5 Å². The molecule has 0 aliphatic rings. The molecular weight excluding hydrogens is 226 g/mol. The van der Waals surface area contributed by atoms with Gasteiger partial charge in [-0.1, -0.05) is 31.5 Å². The Bertz CT molecular complexity index is 392. The predicted molar refractivity (Wildman–Crippen MR) is 75.1 cm³/mol. The molecule has 0 fully saturated rings. The summed E-state index contributed by atoms with van der Waals surface area (Å²) in [5.41, 5.74) is 8.28. The van der Waals surface area contributed by atoms with Crippen molar-refractivity contribution in [2.45, 2.75) is 45.1 Å². The van der Waals surface area contributed by atoms with E-state index in [0.29, 0.717) is 6.42 Å². The fraction of sp³-hybridized carbons (Fsp3) is 0.600. The highest BCUT2D eigenvalue weighted by Crippen LogP contribution is 2.38. The lowest BCUT2D eigenvalue weighted by molar-refractivity contribution is 0.219. The van der Waals surface area contributed by atoms with Crippen LogP contribution in [0, 0.1) is 6.92 Å². The van der Waals surface area contributed by atoms with Crippen LogP contribution >= 0.6 is 0 Å². The Balaban J connectivity index is 3.32. The number of benzene rings is 1. The van der Waals surface area contributed by atoms with Gasteiger partial charge >= 0.3 is 0 Å². The Morgan fingerprint density at radius 3 is 2.61 bits per heavy atom. The van der Waals surface area contributed by atoms with Crippen molar-refractivity contribution in [1.82, 2.24) is 0 Å². The van der Waals surface area contributed by atoms with Crippen LogP contribution in [0.25, 0.3) is 0 Å². The molecule has 0 aromatic heterocycles. The summed E-state index contributed by atoms with van der Waals surface area (Å²) in [6.07, 6.45) is 1.51. The van der Waals surface area contributed by atoms with E-state index < -0.39 is 0 Å². The lowest BCUT2D eigenvalue weighted by Crippen LogP contribution is -2.43. The lowest BCUT2D eigenvalue weighted by Gasteiger charge is -2.36. The normalized spacial score (nSPS) is 16.1. The van der Waals surface area contributed by atoms with Crippen LogP contribution in [-0.2, 0) is 5.41 Å². The quantitative estimate of drug-likeness (QED) is 0.816. The molecule has 0 spiro atoms. The number of hydrogen-bond acceptors (Lipinski definition) is 3. The number of aliphatic hydroxyl groups excluding tert-OH is 1. The van der Waals surface area contributed by atoms with E-state index in [1.807, 2.05) is 12.1 Å². The monoisotopic (exact) mass is 251 g/mol. The average Bonchev–Trinajstić information content (AvgIpc) is 2.37. The van der Waals surface area contributed by atoms with Crippen LogP contribution in [0.1, 0.15) is 37.8 Å². The van der Waals surface area contributed by atoms with Gasteiger partial charge in [-0.3, -0.25) is 0 Å². The molecule has 0 amide bonds. The summed E-state index contributed by atoms with van der Waals surface area (Å²) in [7, 11) is 1.67. The number of methoxy groups -OCH3 is 1. The van der Waals surface area contributed by atoms with Gasteiger partial charge in [-0.05, 0) is 25.8 Å². The zero-order chi connectivity index (χ0) is 13.8. The predicted octanol–water partition coefficient (Wildman–Crippen LogP) is 2.38. The Morgan fingerprint density at radius 2 is 2.11 bits per heavy atom. The van der Waals surface area contributed by atoms with Crippen molar-refractivity contribution in [3.8, 4) is 5.75 Å². The van der Waals surface area contributed by atoms with Crippen LogP contribution in [0.3, 0.4) is 0 Å². The molecule has 0 heterocycles. The van der Waals surface area contributed by atoms with Crippen molar-refractivity contribution in [3.63, 3.8) is 0 Å². The Hall–Kier alpha value is -1.06. The zero-order valence-electron chi connectivity index (χ0n) is 11.9. The molecule has 0 saturated heterocycles. The van der Waals surface area contributed by atoms with Crippen molar-refractivity contribution in [1.29, 1.82) is 0 Å². The van der Waals surface area contributed by atoms with Crippen LogP contribution in [0.4, 0.5) is 0 Å². The summed E-state index contributed by atoms with van der Waals surface area (Å²) in [6.45, 7) is 6.36. The third-order valence-electron chi connectivity index (χ3n) is 3.86. The topological polar surface area (TPSA) is 55.5 Å². The van der Waals surface area contributed by atoms with E-state index in [2.05, 4.69) is 26.8 Å². The number of nitrogens with two attached hydrogens (primary N) is 1. The minimum absolute atomic E-state index is 0.000324. The van der Waals surface area contributed by atoms with Crippen molar-refractivity contribution >= 4 is 0 Å². The summed E-state index contributed by atoms with van der Waals surface area (Å²) in [4.78, 5) is 0. The van der Waals surface area contributed by atoms with Gasteiger partial charge in [0.2, 0.25) is 0 Å². The van der Waals surface area contributed by atoms with E-state index in [1.54, 1.807) is 7.11 Å². The molecule has 3 nitrogen and oxygen atoms in total. The number of hydrogen-bond donors (Lipinski definition) is 2. The van der Waals surface area contributed by atoms with Gasteiger partial charge in [-0.2, -0.15) is 0 Å². The second kappa shape index (κ2) is 6.21. The molecule has 3 heteroatoms. The van der Waals surface area contributed by atoms with Gasteiger partial charge in [0.15, 0.2) is 0 Å². The highest BCUT2D eigenvalue weighted by Gasteiger charge is 2.34. The van der Waals surface area contributed by atoms with Crippen molar-refractivity contribution in [2.75, 3.05) is 13.7 Å². The molecule has 0 radical (unpaired) electrons. The summed E-state index contributed by atoms with van der Waals surface area (Å²) < 4.78 is 5.45. The first-order valence-electron chi connectivity index (χ1n) is 6.51. The molecule has 1 aromatic rings. The highest BCUT2D eigenvalue weighted by atomic mass is 16.5. The van der Waals surface area contributed by atoms with E-state index in [9.17, 15) is 5.11 Å². The number of aliphatic hydroxyl groups is 1. The van der Waals surface area contributed by atoms with Gasteiger partial charge in [0, 0.05) is 23.6 Å². The van der Waals surface area contributed by atoms with Gasteiger partial charge in [-0.25, -0.2) is 0 Å². The van der Waals surface area contributed by atoms with Gasteiger partial charge in [0.1, 0.15) is 5.75 Å². The molecule has 0 bridgehead atoms. The maximum Gasteiger partial charge on any atom is 0.122 e. The third kappa shape index (κ3) is 2.85. The second-order valence-corrected chi connectivity index (χ2v) is 5.11. The van der Waals surface area contributed by atoms with Crippen molar-refractivity contribution in [3.05, 3.63) is 29.3 Å². The molecule has 1 aromatic carbocycles.